The van der Waals surface area contributed by atoms with Crippen LogP contribution in [0.5, 0.6) is 5.75 Å². The molecule has 100 valence electrons. The molecule has 0 aromatic heterocycles. The molecule has 0 radical (unpaired) electrons. The lowest BCUT2D eigenvalue weighted by Crippen LogP contribution is -2.10. The number of rotatable bonds is 4. The molecule has 0 saturated heterocycles. The molecular formula is C12H9O5S2-. The van der Waals surface area contributed by atoms with Crippen LogP contribution in [0.15, 0.2) is 64.4 Å². The van der Waals surface area contributed by atoms with Crippen LogP contribution in [0.3, 0.4) is 0 Å². The van der Waals surface area contributed by atoms with E-state index in [0.717, 1.165) is 6.07 Å². The lowest BCUT2D eigenvalue weighted by atomic mass is 10.3. The first-order valence-corrected chi connectivity index (χ1v) is 7.66. The number of benzene rings is 2. The maximum atomic E-state index is 12.0. The topological polar surface area (TPSA) is 83.5 Å². The molecule has 1 atom stereocenters. The first kappa shape index (κ1) is 13.7. The van der Waals surface area contributed by atoms with Crippen molar-refractivity contribution in [3.05, 3.63) is 54.6 Å². The summed E-state index contributed by atoms with van der Waals surface area (Å²) < 4.78 is 50.4. The molecule has 0 saturated carbocycles. The van der Waals surface area contributed by atoms with Gasteiger partial charge in [0.25, 0.3) is 0 Å². The van der Waals surface area contributed by atoms with E-state index in [4.69, 9.17) is 4.18 Å². The molecular weight excluding hydrogens is 288 g/mol. The molecule has 7 heteroatoms. The Morgan fingerprint density at radius 2 is 1.68 bits per heavy atom. The molecule has 5 nitrogen and oxygen atoms in total. The summed E-state index contributed by atoms with van der Waals surface area (Å²) in [5, 5.41) is 0. The van der Waals surface area contributed by atoms with Gasteiger partial charge in [0.2, 0.25) is 0 Å². The minimum atomic E-state index is -4.04. The summed E-state index contributed by atoms with van der Waals surface area (Å²) in [5.41, 5.74) is 0. The van der Waals surface area contributed by atoms with Crippen LogP contribution in [-0.2, 0) is 21.2 Å². The third-order valence-electron chi connectivity index (χ3n) is 2.24. The molecule has 0 amide bonds. The fourth-order valence-corrected chi connectivity index (χ4v) is 2.85. The van der Waals surface area contributed by atoms with Crippen LogP contribution in [0.4, 0.5) is 0 Å². The summed E-state index contributed by atoms with van der Waals surface area (Å²) in [6, 6.07) is 12.9. The van der Waals surface area contributed by atoms with E-state index in [2.05, 4.69) is 0 Å². The van der Waals surface area contributed by atoms with Gasteiger partial charge in [0.15, 0.2) is 0 Å². The average Bonchev–Trinajstić information content (AvgIpc) is 2.39. The summed E-state index contributed by atoms with van der Waals surface area (Å²) in [5.74, 6) is 0.163. The Morgan fingerprint density at radius 1 is 1.00 bits per heavy atom. The summed E-state index contributed by atoms with van der Waals surface area (Å²) in [7, 11) is -4.04. The Morgan fingerprint density at radius 3 is 2.32 bits per heavy atom. The van der Waals surface area contributed by atoms with Crippen LogP contribution in [-0.4, -0.2) is 17.2 Å². The molecule has 0 fully saturated rings. The highest BCUT2D eigenvalue weighted by atomic mass is 32.2. The Balaban J connectivity index is 2.35. The van der Waals surface area contributed by atoms with E-state index in [9.17, 15) is 17.2 Å². The van der Waals surface area contributed by atoms with Crippen molar-refractivity contribution in [2.75, 3.05) is 0 Å². The van der Waals surface area contributed by atoms with Crippen molar-refractivity contribution < 1.29 is 21.4 Å². The van der Waals surface area contributed by atoms with Gasteiger partial charge < -0.3 is 8.74 Å². The summed E-state index contributed by atoms with van der Waals surface area (Å²) >= 11 is -2.49. The summed E-state index contributed by atoms with van der Waals surface area (Å²) in [4.78, 5) is -0.323. The molecule has 0 aliphatic heterocycles. The highest BCUT2D eigenvalue weighted by molar-refractivity contribution is 7.87. The van der Waals surface area contributed by atoms with E-state index in [0.29, 0.717) is 0 Å². The molecule has 0 N–H and O–H groups in total. The Bertz CT molecular complexity index is 695. The Kier molecular flexibility index (Phi) is 3.98. The van der Waals surface area contributed by atoms with Gasteiger partial charge in [-0.25, -0.2) is 0 Å². The third kappa shape index (κ3) is 3.40. The molecule has 19 heavy (non-hydrogen) atoms. The molecule has 1 unspecified atom stereocenters. The van der Waals surface area contributed by atoms with Crippen LogP contribution < -0.4 is 4.18 Å². The van der Waals surface area contributed by atoms with Gasteiger partial charge in [0.1, 0.15) is 10.6 Å². The van der Waals surface area contributed by atoms with Crippen molar-refractivity contribution in [3.8, 4) is 5.75 Å². The fourth-order valence-electron chi connectivity index (χ4n) is 1.38. The first-order chi connectivity index (χ1) is 8.99. The molecule has 0 bridgehead atoms. The van der Waals surface area contributed by atoms with Crippen molar-refractivity contribution in [1.29, 1.82) is 0 Å². The second kappa shape index (κ2) is 5.52. The largest absolute Gasteiger partial charge is 0.768 e. The lowest BCUT2D eigenvalue weighted by molar-refractivity contribution is 0.486. The molecule has 0 aliphatic rings. The third-order valence-corrected chi connectivity index (χ3v) is 4.12. The molecule has 2 rings (SSSR count). The minimum Gasteiger partial charge on any atom is -0.768 e. The van der Waals surface area contributed by atoms with E-state index < -0.39 is 21.2 Å². The van der Waals surface area contributed by atoms with E-state index in [-0.39, 0.29) is 15.5 Å². The average molecular weight is 297 g/mol. The highest BCUT2D eigenvalue weighted by Crippen LogP contribution is 2.19. The Hall–Kier alpha value is -1.70. The van der Waals surface area contributed by atoms with Crippen LogP contribution in [0.2, 0.25) is 0 Å². The molecule has 2 aromatic rings. The number of hydrogen-bond donors (Lipinski definition) is 0. The molecule has 0 aliphatic carbocycles. The van der Waals surface area contributed by atoms with Crippen LogP contribution in [0.1, 0.15) is 0 Å². The van der Waals surface area contributed by atoms with Crippen LogP contribution in [0, 0.1) is 0 Å². The van der Waals surface area contributed by atoms with E-state index in [1.807, 2.05) is 0 Å². The maximum Gasteiger partial charge on any atom is 0.339 e. The van der Waals surface area contributed by atoms with Gasteiger partial charge in [0, 0.05) is 4.90 Å². The predicted octanol–water partition coefficient (Wildman–Crippen LogP) is 1.69. The van der Waals surface area contributed by atoms with Gasteiger partial charge in [-0.05, 0) is 41.4 Å². The van der Waals surface area contributed by atoms with Gasteiger partial charge in [-0.3, -0.25) is 4.21 Å². The normalized spacial score (nSPS) is 12.9. The van der Waals surface area contributed by atoms with Crippen molar-refractivity contribution in [3.63, 3.8) is 0 Å². The lowest BCUT2D eigenvalue weighted by Gasteiger charge is -2.09. The second-order valence-corrected chi connectivity index (χ2v) is 6.05. The van der Waals surface area contributed by atoms with Crippen molar-refractivity contribution in [2.45, 2.75) is 9.79 Å². The van der Waals surface area contributed by atoms with Gasteiger partial charge in [-0.2, -0.15) is 8.42 Å². The van der Waals surface area contributed by atoms with E-state index in [1.54, 1.807) is 18.2 Å². The smallest absolute Gasteiger partial charge is 0.339 e. The quantitative estimate of drug-likeness (QED) is 0.633. The zero-order valence-electron chi connectivity index (χ0n) is 9.55. The van der Waals surface area contributed by atoms with Crippen molar-refractivity contribution >= 4 is 21.2 Å². The summed E-state index contributed by atoms with van der Waals surface area (Å²) in [6.45, 7) is 0. The molecule has 0 spiro atoms. The minimum absolute atomic E-state index is 0.113. The summed E-state index contributed by atoms with van der Waals surface area (Å²) in [6.07, 6.45) is 0. The fraction of sp³-hybridized carbons (Fsp3) is 0. The van der Waals surface area contributed by atoms with Gasteiger partial charge in [0.05, 0.1) is 0 Å². The molecule has 2 aromatic carbocycles. The Labute approximate surface area is 113 Å². The molecule has 0 heterocycles. The van der Waals surface area contributed by atoms with Crippen molar-refractivity contribution in [1.82, 2.24) is 0 Å². The SMILES string of the molecule is O=S([O-])c1cccc(S(=O)(=O)Oc2ccccc2)c1. The van der Waals surface area contributed by atoms with Crippen LogP contribution >= 0.6 is 0 Å². The zero-order chi connectivity index (χ0) is 13.9. The maximum absolute atomic E-state index is 12.0. The van der Waals surface area contributed by atoms with Crippen LogP contribution in [0.25, 0.3) is 0 Å². The standard InChI is InChI=1S/C12H10O5S2/c13-18(14)11-7-4-8-12(9-11)19(15,16)17-10-5-2-1-3-6-10/h1-9H,(H,13,14)/p-1. The number of para-hydroxylation sites is 1. The van der Waals surface area contributed by atoms with Gasteiger partial charge in [-0.15, -0.1) is 0 Å². The monoisotopic (exact) mass is 297 g/mol. The van der Waals surface area contributed by atoms with E-state index >= 15 is 0 Å². The van der Waals surface area contributed by atoms with Gasteiger partial charge >= 0.3 is 10.1 Å². The van der Waals surface area contributed by atoms with Crippen molar-refractivity contribution in [2.24, 2.45) is 0 Å². The first-order valence-electron chi connectivity index (χ1n) is 5.18. The van der Waals surface area contributed by atoms with Gasteiger partial charge in [-0.1, -0.05) is 24.3 Å². The second-order valence-electron chi connectivity index (χ2n) is 3.56. The zero-order valence-corrected chi connectivity index (χ0v) is 11.2. The highest BCUT2D eigenvalue weighted by Gasteiger charge is 2.16. The number of hydrogen-bond acceptors (Lipinski definition) is 5. The van der Waals surface area contributed by atoms with E-state index in [1.165, 1.54) is 30.3 Å². The predicted molar refractivity (Wildman–Crippen MR) is 67.9 cm³/mol.